The van der Waals surface area contributed by atoms with Crippen LogP contribution in [0.25, 0.3) is 0 Å². The lowest BCUT2D eigenvalue weighted by Gasteiger charge is -2.27. The topological polar surface area (TPSA) is 32.3 Å². The van der Waals surface area contributed by atoms with Crippen molar-refractivity contribution in [2.75, 3.05) is 6.54 Å². The fraction of sp³-hybridized carbons (Fsp3) is 1.00. The van der Waals surface area contributed by atoms with E-state index in [0.717, 1.165) is 25.8 Å². The molecule has 0 unspecified atom stereocenters. The Morgan fingerprint density at radius 3 is 2.70 bits per heavy atom. The highest BCUT2D eigenvalue weighted by atomic mass is 16.3. The van der Waals surface area contributed by atoms with Crippen molar-refractivity contribution in [1.29, 1.82) is 0 Å². The van der Waals surface area contributed by atoms with E-state index < -0.39 is 5.60 Å². The summed E-state index contributed by atoms with van der Waals surface area (Å²) < 4.78 is 0. The number of hydrogen-bond donors (Lipinski definition) is 2. The first-order valence-corrected chi connectivity index (χ1v) is 4.18. The van der Waals surface area contributed by atoms with Gasteiger partial charge in [-0.05, 0) is 25.8 Å². The average molecular weight is 143 g/mol. The predicted molar refractivity (Wildman–Crippen MR) is 41.9 cm³/mol. The van der Waals surface area contributed by atoms with Crippen molar-refractivity contribution in [3.63, 3.8) is 0 Å². The Kier molecular flexibility index (Phi) is 2.32. The summed E-state index contributed by atoms with van der Waals surface area (Å²) in [4.78, 5) is 0. The molecule has 0 aliphatic carbocycles. The Balaban J connectivity index is 2.56. The van der Waals surface area contributed by atoms with E-state index in [1.54, 1.807) is 0 Å². The molecule has 2 atom stereocenters. The number of nitrogens with one attached hydrogen (secondary N) is 1. The molecule has 1 aliphatic heterocycles. The van der Waals surface area contributed by atoms with Gasteiger partial charge in [0.15, 0.2) is 0 Å². The molecule has 0 amide bonds. The molecule has 1 rings (SSSR count). The van der Waals surface area contributed by atoms with Crippen molar-refractivity contribution in [2.45, 2.75) is 44.8 Å². The normalized spacial score (nSPS) is 40.5. The molecular weight excluding hydrogens is 126 g/mol. The minimum absolute atomic E-state index is 0.331. The van der Waals surface area contributed by atoms with Crippen molar-refractivity contribution < 1.29 is 5.11 Å². The maximum Gasteiger partial charge on any atom is 0.0809 e. The SMILES string of the molecule is CC[C@@H]1NCC[C@@]1(O)CC. The number of aliphatic hydroxyl groups is 1. The summed E-state index contributed by atoms with van der Waals surface area (Å²) in [6, 6.07) is 0.331. The summed E-state index contributed by atoms with van der Waals surface area (Å²) in [7, 11) is 0. The van der Waals surface area contributed by atoms with Crippen molar-refractivity contribution >= 4 is 0 Å². The Morgan fingerprint density at radius 1 is 1.60 bits per heavy atom. The fourth-order valence-electron chi connectivity index (χ4n) is 1.77. The first kappa shape index (κ1) is 8.02. The summed E-state index contributed by atoms with van der Waals surface area (Å²) in [5.74, 6) is 0. The Hall–Kier alpha value is -0.0800. The third-order valence-corrected chi connectivity index (χ3v) is 2.62. The van der Waals surface area contributed by atoms with Gasteiger partial charge in [-0.25, -0.2) is 0 Å². The van der Waals surface area contributed by atoms with E-state index in [0.29, 0.717) is 6.04 Å². The summed E-state index contributed by atoms with van der Waals surface area (Å²) in [6.07, 6.45) is 2.82. The molecule has 0 saturated carbocycles. The van der Waals surface area contributed by atoms with Gasteiger partial charge in [-0.15, -0.1) is 0 Å². The van der Waals surface area contributed by atoms with Crippen LogP contribution >= 0.6 is 0 Å². The van der Waals surface area contributed by atoms with Gasteiger partial charge in [-0.2, -0.15) is 0 Å². The molecule has 60 valence electrons. The third kappa shape index (κ3) is 1.18. The van der Waals surface area contributed by atoms with E-state index in [1.807, 2.05) is 0 Å². The zero-order chi connectivity index (χ0) is 7.61. The first-order chi connectivity index (χ1) is 4.73. The lowest BCUT2D eigenvalue weighted by atomic mass is 9.90. The zero-order valence-electron chi connectivity index (χ0n) is 6.85. The second-order valence-electron chi connectivity index (χ2n) is 3.12. The third-order valence-electron chi connectivity index (χ3n) is 2.62. The van der Waals surface area contributed by atoms with Crippen molar-refractivity contribution in [3.05, 3.63) is 0 Å². The molecule has 1 aliphatic rings. The smallest absolute Gasteiger partial charge is 0.0809 e. The second kappa shape index (κ2) is 2.89. The van der Waals surface area contributed by atoms with Gasteiger partial charge in [-0.3, -0.25) is 0 Å². The molecule has 1 fully saturated rings. The van der Waals surface area contributed by atoms with Crippen LogP contribution in [0.1, 0.15) is 33.1 Å². The standard InChI is InChI=1S/C8H17NO/c1-3-7-8(10,4-2)5-6-9-7/h7,9-10H,3-6H2,1-2H3/t7-,8-/m0/s1. The lowest BCUT2D eigenvalue weighted by Crippen LogP contribution is -2.41. The molecule has 10 heavy (non-hydrogen) atoms. The van der Waals surface area contributed by atoms with Crippen LogP contribution in [-0.4, -0.2) is 23.3 Å². The fourth-order valence-corrected chi connectivity index (χ4v) is 1.77. The van der Waals surface area contributed by atoms with Crippen LogP contribution in [0.4, 0.5) is 0 Å². The zero-order valence-corrected chi connectivity index (χ0v) is 6.85. The van der Waals surface area contributed by atoms with Crippen LogP contribution in [0.15, 0.2) is 0 Å². The second-order valence-corrected chi connectivity index (χ2v) is 3.12. The van der Waals surface area contributed by atoms with Crippen molar-refractivity contribution in [1.82, 2.24) is 5.32 Å². The van der Waals surface area contributed by atoms with Gasteiger partial charge in [0, 0.05) is 6.04 Å². The Bertz CT molecular complexity index is 116. The van der Waals surface area contributed by atoms with E-state index in [9.17, 15) is 5.11 Å². The lowest BCUT2D eigenvalue weighted by molar-refractivity contribution is 0.0229. The summed E-state index contributed by atoms with van der Waals surface area (Å²) in [5.41, 5.74) is -0.408. The van der Waals surface area contributed by atoms with Gasteiger partial charge in [0.25, 0.3) is 0 Å². The maximum atomic E-state index is 9.90. The number of hydrogen-bond acceptors (Lipinski definition) is 2. The molecule has 0 bridgehead atoms. The molecular formula is C8H17NO. The van der Waals surface area contributed by atoms with E-state index in [1.165, 1.54) is 0 Å². The predicted octanol–water partition coefficient (Wildman–Crippen LogP) is 0.899. The van der Waals surface area contributed by atoms with Crippen molar-refractivity contribution in [3.8, 4) is 0 Å². The van der Waals surface area contributed by atoms with Gasteiger partial charge >= 0.3 is 0 Å². The monoisotopic (exact) mass is 143 g/mol. The highest BCUT2D eigenvalue weighted by Gasteiger charge is 2.37. The molecule has 0 aromatic heterocycles. The van der Waals surface area contributed by atoms with Crippen LogP contribution in [0.2, 0.25) is 0 Å². The van der Waals surface area contributed by atoms with E-state index in [4.69, 9.17) is 0 Å². The van der Waals surface area contributed by atoms with Crippen LogP contribution < -0.4 is 5.32 Å². The molecule has 1 saturated heterocycles. The molecule has 2 nitrogen and oxygen atoms in total. The van der Waals surface area contributed by atoms with Crippen LogP contribution in [-0.2, 0) is 0 Å². The largest absolute Gasteiger partial charge is 0.388 e. The number of rotatable bonds is 2. The summed E-state index contributed by atoms with van der Waals surface area (Å²) in [6.45, 7) is 5.14. The minimum atomic E-state index is -0.408. The molecule has 2 N–H and O–H groups in total. The van der Waals surface area contributed by atoms with E-state index in [-0.39, 0.29) is 0 Å². The Morgan fingerprint density at radius 2 is 2.30 bits per heavy atom. The molecule has 2 heteroatoms. The van der Waals surface area contributed by atoms with Gasteiger partial charge < -0.3 is 10.4 Å². The molecule has 0 spiro atoms. The quantitative estimate of drug-likeness (QED) is 0.602. The van der Waals surface area contributed by atoms with Crippen LogP contribution in [0.3, 0.4) is 0 Å². The van der Waals surface area contributed by atoms with Crippen LogP contribution in [0.5, 0.6) is 0 Å². The molecule has 0 aromatic carbocycles. The van der Waals surface area contributed by atoms with E-state index >= 15 is 0 Å². The van der Waals surface area contributed by atoms with E-state index in [2.05, 4.69) is 19.2 Å². The Labute approximate surface area is 62.6 Å². The van der Waals surface area contributed by atoms with Gasteiger partial charge in [0.05, 0.1) is 5.60 Å². The maximum absolute atomic E-state index is 9.90. The van der Waals surface area contributed by atoms with Crippen LogP contribution in [0, 0.1) is 0 Å². The first-order valence-electron chi connectivity index (χ1n) is 4.18. The van der Waals surface area contributed by atoms with Gasteiger partial charge in [-0.1, -0.05) is 13.8 Å². The summed E-state index contributed by atoms with van der Waals surface area (Å²) in [5, 5.41) is 13.2. The minimum Gasteiger partial charge on any atom is -0.388 e. The highest BCUT2D eigenvalue weighted by Crippen LogP contribution is 2.26. The van der Waals surface area contributed by atoms with Gasteiger partial charge in [0.2, 0.25) is 0 Å². The average Bonchev–Trinajstić information content (AvgIpc) is 2.32. The molecule has 0 radical (unpaired) electrons. The molecule has 1 heterocycles. The molecule has 0 aromatic rings. The highest BCUT2D eigenvalue weighted by molar-refractivity contribution is 4.95. The van der Waals surface area contributed by atoms with Gasteiger partial charge in [0.1, 0.15) is 0 Å². The van der Waals surface area contributed by atoms with Crippen molar-refractivity contribution in [2.24, 2.45) is 0 Å². The summed E-state index contributed by atoms with van der Waals surface area (Å²) >= 11 is 0.